The second kappa shape index (κ2) is 10.9. The molecule has 0 bridgehead atoms. The van der Waals surface area contributed by atoms with Gasteiger partial charge in [-0.1, -0.05) is 19.9 Å². The standard InChI is InChI=1S/C23H27N3O3.CO2/c1-13(2)20(26-23(28)16-8-14(3)9-17(27)11-16)12-29-21-7-5-6-19-22(21)18(24)10-15(4)25-19;2-1-3/h5-11,13,20,27H,12H2,1-4H3,(H2,24,25)(H,26,28);. The summed E-state index contributed by atoms with van der Waals surface area (Å²) in [6.07, 6.45) is 0.250. The molecule has 0 radical (unpaired) electrons. The fourth-order valence-electron chi connectivity index (χ4n) is 3.27. The number of nitrogens with two attached hydrogens (primary N) is 1. The summed E-state index contributed by atoms with van der Waals surface area (Å²) in [6, 6.07) is 12.0. The average molecular weight is 437 g/mol. The summed E-state index contributed by atoms with van der Waals surface area (Å²) in [6.45, 7) is 8.05. The Morgan fingerprint density at radius 3 is 2.50 bits per heavy atom. The van der Waals surface area contributed by atoms with Gasteiger partial charge < -0.3 is 20.9 Å². The Labute approximate surface area is 186 Å². The Morgan fingerprint density at radius 1 is 1.19 bits per heavy atom. The maximum atomic E-state index is 12.7. The van der Waals surface area contributed by atoms with Gasteiger partial charge in [0, 0.05) is 16.9 Å². The number of carbonyl (C=O) groups excluding carboxylic acids is 3. The molecule has 2 aromatic carbocycles. The first kappa shape index (κ1) is 24.4. The fraction of sp³-hybridized carbons (Fsp3) is 0.292. The molecule has 1 unspecified atom stereocenters. The Balaban J connectivity index is 0.00000114. The number of benzene rings is 2. The third-order valence-corrected chi connectivity index (χ3v) is 4.82. The van der Waals surface area contributed by atoms with Gasteiger partial charge in [-0.25, -0.2) is 0 Å². The van der Waals surface area contributed by atoms with Crippen LogP contribution in [0.15, 0.2) is 42.5 Å². The molecule has 8 nitrogen and oxygen atoms in total. The van der Waals surface area contributed by atoms with Gasteiger partial charge in [0.1, 0.15) is 18.1 Å². The average Bonchev–Trinajstić information content (AvgIpc) is 2.70. The van der Waals surface area contributed by atoms with Crippen LogP contribution in [0.2, 0.25) is 0 Å². The SMILES string of the molecule is Cc1cc(O)cc(C(=O)NC(COc2cccc3nc(C)cc(N)c23)C(C)C)c1.O=C=O. The molecule has 0 fully saturated rings. The number of anilines is 1. The number of nitrogens with zero attached hydrogens (tertiary/aromatic N) is 1. The lowest BCUT2D eigenvalue weighted by molar-refractivity contribution is -0.191. The van der Waals surface area contributed by atoms with E-state index >= 15 is 0 Å². The van der Waals surface area contributed by atoms with E-state index < -0.39 is 0 Å². The predicted molar refractivity (Wildman–Crippen MR) is 120 cm³/mol. The molecule has 0 spiro atoms. The second-order valence-electron chi connectivity index (χ2n) is 7.78. The summed E-state index contributed by atoms with van der Waals surface area (Å²) in [7, 11) is 0. The predicted octanol–water partition coefficient (Wildman–Crippen LogP) is 3.39. The number of rotatable bonds is 6. The molecule has 32 heavy (non-hydrogen) atoms. The van der Waals surface area contributed by atoms with Gasteiger partial charge in [0.05, 0.1) is 16.9 Å². The number of fused-ring (bicyclic) bond motifs is 1. The van der Waals surface area contributed by atoms with Gasteiger partial charge in [0.15, 0.2) is 0 Å². The first-order valence-electron chi connectivity index (χ1n) is 10.1. The third-order valence-electron chi connectivity index (χ3n) is 4.82. The number of aromatic nitrogens is 1. The number of hydrogen-bond acceptors (Lipinski definition) is 7. The number of carbonyl (C=O) groups is 1. The van der Waals surface area contributed by atoms with Gasteiger partial charge in [-0.05, 0) is 61.7 Å². The molecular formula is C24H27N3O5. The van der Waals surface area contributed by atoms with Crippen molar-refractivity contribution in [1.29, 1.82) is 0 Å². The Hall–Kier alpha value is -3.90. The highest BCUT2D eigenvalue weighted by Gasteiger charge is 2.19. The van der Waals surface area contributed by atoms with Crippen molar-refractivity contribution >= 4 is 28.6 Å². The van der Waals surface area contributed by atoms with Crippen molar-refractivity contribution in [2.24, 2.45) is 5.92 Å². The third kappa shape index (κ3) is 6.30. The molecule has 0 saturated carbocycles. The van der Waals surface area contributed by atoms with Crippen LogP contribution in [0.4, 0.5) is 5.69 Å². The van der Waals surface area contributed by atoms with Crippen molar-refractivity contribution in [2.75, 3.05) is 12.3 Å². The minimum absolute atomic E-state index is 0.0709. The Bertz CT molecular complexity index is 1120. The molecule has 3 rings (SSSR count). The molecule has 0 aliphatic rings. The number of hydrogen-bond donors (Lipinski definition) is 3. The number of phenolic OH excluding ortho intramolecular Hbond substituents is 1. The highest BCUT2D eigenvalue weighted by atomic mass is 16.5. The van der Waals surface area contributed by atoms with Crippen LogP contribution in [-0.2, 0) is 9.59 Å². The highest BCUT2D eigenvalue weighted by molar-refractivity contribution is 5.96. The van der Waals surface area contributed by atoms with Crippen LogP contribution in [0, 0.1) is 19.8 Å². The summed E-state index contributed by atoms with van der Waals surface area (Å²) in [5.41, 5.74) is 9.68. The normalized spacial score (nSPS) is 11.3. The molecule has 8 heteroatoms. The zero-order valence-electron chi connectivity index (χ0n) is 18.5. The van der Waals surface area contributed by atoms with E-state index in [4.69, 9.17) is 20.1 Å². The van der Waals surface area contributed by atoms with E-state index in [1.165, 1.54) is 6.07 Å². The molecule has 4 N–H and O–H groups in total. The molecular weight excluding hydrogens is 410 g/mol. The minimum atomic E-state index is -0.249. The van der Waals surface area contributed by atoms with Gasteiger partial charge in [0.25, 0.3) is 5.91 Å². The lowest BCUT2D eigenvalue weighted by atomic mass is 10.0. The van der Waals surface area contributed by atoms with E-state index in [0.29, 0.717) is 17.0 Å². The first-order valence-corrected chi connectivity index (χ1v) is 10.1. The van der Waals surface area contributed by atoms with Gasteiger partial charge in [-0.3, -0.25) is 9.78 Å². The molecule has 1 aromatic heterocycles. The molecule has 168 valence electrons. The van der Waals surface area contributed by atoms with Crippen LogP contribution >= 0.6 is 0 Å². The number of ether oxygens (including phenoxy) is 1. The van der Waals surface area contributed by atoms with Gasteiger partial charge >= 0.3 is 6.15 Å². The number of pyridine rings is 1. The van der Waals surface area contributed by atoms with Crippen LogP contribution in [0.25, 0.3) is 10.9 Å². The van der Waals surface area contributed by atoms with Gasteiger partial charge in [-0.15, -0.1) is 0 Å². The fourth-order valence-corrected chi connectivity index (χ4v) is 3.27. The summed E-state index contributed by atoms with van der Waals surface area (Å²) in [5, 5.41) is 13.5. The molecule has 0 saturated heterocycles. The molecule has 1 heterocycles. The summed E-state index contributed by atoms with van der Waals surface area (Å²) in [5.74, 6) is 0.605. The van der Waals surface area contributed by atoms with Crippen LogP contribution in [0.5, 0.6) is 11.5 Å². The molecule has 1 amide bonds. The Kier molecular flexibility index (Phi) is 8.32. The lowest BCUT2D eigenvalue weighted by Crippen LogP contribution is -2.42. The summed E-state index contributed by atoms with van der Waals surface area (Å²) in [4.78, 5) is 33.4. The van der Waals surface area contributed by atoms with E-state index in [2.05, 4.69) is 10.3 Å². The van der Waals surface area contributed by atoms with Gasteiger partial charge in [-0.2, -0.15) is 9.59 Å². The van der Waals surface area contributed by atoms with E-state index in [-0.39, 0.29) is 36.4 Å². The number of amides is 1. The molecule has 0 aliphatic heterocycles. The number of aromatic hydroxyl groups is 1. The summed E-state index contributed by atoms with van der Waals surface area (Å²) < 4.78 is 6.06. The lowest BCUT2D eigenvalue weighted by Gasteiger charge is -2.23. The van der Waals surface area contributed by atoms with E-state index in [1.807, 2.05) is 52.0 Å². The number of nitrogens with one attached hydrogen (secondary N) is 1. The number of aryl methyl sites for hydroxylation is 2. The van der Waals surface area contributed by atoms with Crippen molar-refractivity contribution in [3.63, 3.8) is 0 Å². The van der Waals surface area contributed by atoms with Crippen molar-refractivity contribution < 1.29 is 24.2 Å². The smallest absolute Gasteiger partial charge is 0.373 e. The zero-order valence-corrected chi connectivity index (χ0v) is 18.5. The highest BCUT2D eigenvalue weighted by Crippen LogP contribution is 2.30. The molecule has 1 atom stereocenters. The second-order valence-corrected chi connectivity index (χ2v) is 7.78. The number of nitrogen functional groups attached to an aromatic ring is 1. The quantitative estimate of drug-likeness (QED) is 0.538. The topological polar surface area (TPSA) is 132 Å². The molecule has 0 aliphatic carbocycles. The van der Waals surface area contributed by atoms with Crippen LogP contribution in [0.1, 0.15) is 35.5 Å². The van der Waals surface area contributed by atoms with E-state index in [0.717, 1.165) is 22.2 Å². The van der Waals surface area contributed by atoms with Gasteiger partial charge in [0.2, 0.25) is 0 Å². The van der Waals surface area contributed by atoms with Crippen molar-refractivity contribution in [1.82, 2.24) is 10.3 Å². The summed E-state index contributed by atoms with van der Waals surface area (Å²) >= 11 is 0. The van der Waals surface area contributed by atoms with E-state index in [1.54, 1.807) is 12.1 Å². The van der Waals surface area contributed by atoms with Crippen LogP contribution < -0.4 is 15.8 Å². The van der Waals surface area contributed by atoms with Crippen molar-refractivity contribution in [3.05, 3.63) is 59.3 Å². The van der Waals surface area contributed by atoms with E-state index in [9.17, 15) is 9.90 Å². The van der Waals surface area contributed by atoms with Crippen LogP contribution in [-0.4, -0.2) is 34.8 Å². The zero-order chi connectivity index (χ0) is 23.8. The first-order chi connectivity index (χ1) is 15.2. The minimum Gasteiger partial charge on any atom is -0.508 e. The largest absolute Gasteiger partial charge is 0.508 e. The number of phenols is 1. The maximum Gasteiger partial charge on any atom is 0.373 e. The Morgan fingerprint density at radius 2 is 1.88 bits per heavy atom. The monoisotopic (exact) mass is 437 g/mol. The maximum absolute atomic E-state index is 12.7. The van der Waals surface area contributed by atoms with Crippen LogP contribution in [0.3, 0.4) is 0 Å². The van der Waals surface area contributed by atoms with Crippen molar-refractivity contribution in [2.45, 2.75) is 33.7 Å². The molecule has 3 aromatic rings. The van der Waals surface area contributed by atoms with Crippen molar-refractivity contribution in [3.8, 4) is 11.5 Å².